The molecule has 12 heteroatoms. The number of nitrogens with one attached hydrogen (secondary N) is 1. The Bertz CT molecular complexity index is 2050. The number of aromatic nitrogens is 5. The van der Waals surface area contributed by atoms with Gasteiger partial charge in [0.1, 0.15) is 17.8 Å². The first-order valence-corrected chi connectivity index (χ1v) is 15.6. The Morgan fingerprint density at radius 2 is 1.89 bits per heavy atom. The molecule has 0 radical (unpaired) electrons. The van der Waals surface area contributed by atoms with E-state index >= 15 is 4.39 Å². The van der Waals surface area contributed by atoms with Crippen molar-refractivity contribution in [2.24, 2.45) is 0 Å². The lowest BCUT2D eigenvalue weighted by atomic mass is 10.0. The fraction of sp³-hybridized carbons (Fsp3) is 0.188. The van der Waals surface area contributed by atoms with E-state index in [1.165, 1.54) is 42.7 Å². The summed E-state index contributed by atoms with van der Waals surface area (Å²) in [7, 11) is -4.02. The highest BCUT2D eigenvalue weighted by Crippen LogP contribution is 2.39. The minimum absolute atomic E-state index is 0.0752. The summed E-state index contributed by atoms with van der Waals surface area (Å²) in [5, 5.41) is 11.6. The van der Waals surface area contributed by atoms with E-state index in [1.54, 1.807) is 41.2 Å². The molecule has 0 aliphatic carbocycles. The maximum atomic E-state index is 16.1. The standard InChI is InChI=1S/C32H27F2N5O4S/c33-27-10-9-22(17-26(27)29-11-13-35-37-29)43-32-25(16-21-19-36-38(20-21)31-8-4-5-15-42-31)24-12-14-39(30(24)18-28(32)34)44(40,41)23-6-2-1-3-7-23/h1-3,6-7,9-14,17-20,31H,4-5,8,15-16H2,(H,35,37). The van der Waals surface area contributed by atoms with Gasteiger partial charge in [0.05, 0.1) is 22.3 Å². The largest absolute Gasteiger partial charge is 0.454 e. The second-order valence-electron chi connectivity index (χ2n) is 10.6. The molecule has 1 N–H and O–H groups in total. The normalized spacial score (nSPS) is 15.5. The second kappa shape index (κ2) is 11.4. The molecule has 1 fully saturated rings. The van der Waals surface area contributed by atoms with Gasteiger partial charge in [-0.25, -0.2) is 25.9 Å². The molecule has 4 heterocycles. The average Bonchev–Trinajstić information content (AvgIpc) is 3.82. The molecule has 3 aromatic carbocycles. The molecule has 0 spiro atoms. The molecule has 9 nitrogen and oxygen atoms in total. The zero-order chi connectivity index (χ0) is 30.3. The summed E-state index contributed by atoms with van der Waals surface area (Å²) in [6.45, 7) is 0.657. The number of halogens is 2. The van der Waals surface area contributed by atoms with Crippen LogP contribution in [-0.4, -0.2) is 39.0 Å². The minimum atomic E-state index is -4.02. The summed E-state index contributed by atoms with van der Waals surface area (Å²) in [5.41, 5.74) is 1.97. The SMILES string of the molecule is O=S(=O)(c1ccccc1)n1ccc2c(Cc3cnn(C4CCCCO4)c3)c(Oc3ccc(F)c(-c4ccn[nH]4)c3)c(F)cc21. The molecule has 3 aromatic heterocycles. The van der Waals surface area contributed by atoms with Gasteiger partial charge in [-0.3, -0.25) is 5.10 Å². The van der Waals surface area contributed by atoms with Crippen LogP contribution in [0, 0.1) is 11.6 Å². The van der Waals surface area contributed by atoms with Gasteiger partial charge in [0.15, 0.2) is 11.6 Å². The van der Waals surface area contributed by atoms with E-state index in [0.29, 0.717) is 23.3 Å². The fourth-order valence-corrected chi connectivity index (χ4v) is 6.90. The fourth-order valence-electron chi connectivity index (χ4n) is 5.54. The van der Waals surface area contributed by atoms with Gasteiger partial charge >= 0.3 is 0 Å². The van der Waals surface area contributed by atoms with Gasteiger partial charge in [0.2, 0.25) is 0 Å². The molecule has 1 atom stereocenters. The van der Waals surface area contributed by atoms with Crippen LogP contribution >= 0.6 is 0 Å². The molecule has 6 aromatic rings. The molecular weight excluding hydrogens is 588 g/mol. The van der Waals surface area contributed by atoms with Crippen molar-refractivity contribution in [1.29, 1.82) is 0 Å². The third-order valence-electron chi connectivity index (χ3n) is 7.70. The Kier molecular flexibility index (Phi) is 7.23. The van der Waals surface area contributed by atoms with Crippen LogP contribution in [0.25, 0.3) is 22.2 Å². The van der Waals surface area contributed by atoms with E-state index in [4.69, 9.17) is 9.47 Å². The van der Waals surface area contributed by atoms with Crippen molar-refractivity contribution < 1.29 is 26.7 Å². The second-order valence-corrected chi connectivity index (χ2v) is 12.4. The molecule has 1 saturated heterocycles. The van der Waals surface area contributed by atoms with Crippen LogP contribution in [0.2, 0.25) is 0 Å². The molecule has 44 heavy (non-hydrogen) atoms. The number of rotatable bonds is 8. The van der Waals surface area contributed by atoms with Crippen molar-refractivity contribution in [2.45, 2.75) is 36.8 Å². The Hall–Kier alpha value is -4.81. The lowest BCUT2D eigenvalue weighted by molar-refractivity contribution is -0.0395. The summed E-state index contributed by atoms with van der Waals surface area (Å²) in [6, 6.07) is 16.5. The quantitative estimate of drug-likeness (QED) is 0.201. The minimum Gasteiger partial charge on any atom is -0.454 e. The maximum Gasteiger partial charge on any atom is 0.268 e. The van der Waals surface area contributed by atoms with Crippen LogP contribution in [0.15, 0.2) is 96.4 Å². The summed E-state index contributed by atoms with van der Waals surface area (Å²) in [5.74, 6) is -1.18. The third kappa shape index (κ3) is 5.16. The lowest BCUT2D eigenvalue weighted by Gasteiger charge is -2.22. The summed E-state index contributed by atoms with van der Waals surface area (Å²) < 4.78 is 72.7. The summed E-state index contributed by atoms with van der Waals surface area (Å²) in [6.07, 6.45) is 9.31. The summed E-state index contributed by atoms with van der Waals surface area (Å²) in [4.78, 5) is 0.0752. The highest BCUT2D eigenvalue weighted by atomic mass is 32.2. The number of hydrogen-bond donors (Lipinski definition) is 1. The first-order chi connectivity index (χ1) is 21.4. The Balaban J connectivity index is 1.34. The van der Waals surface area contributed by atoms with Gasteiger partial charge in [0, 0.05) is 54.2 Å². The van der Waals surface area contributed by atoms with Crippen LogP contribution in [-0.2, 0) is 21.2 Å². The van der Waals surface area contributed by atoms with Crippen LogP contribution in [0.3, 0.4) is 0 Å². The van der Waals surface area contributed by atoms with Crippen molar-refractivity contribution in [3.63, 3.8) is 0 Å². The van der Waals surface area contributed by atoms with Crippen LogP contribution in [0.5, 0.6) is 11.5 Å². The van der Waals surface area contributed by atoms with Crippen LogP contribution in [0.1, 0.15) is 36.6 Å². The zero-order valence-corrected chi connectivity index (χ0v) is 24.2. The number of hydrogen-bond acceptors (Lipinski definition) is 6. The predicted molar refractivity (Wildman–Crippen MR) is 159 cm³/mol. The molecule has 0 amide bonds. The van der Waals surface area contributed by atoms with E-state index in [9.17, 15) is 12.8 Å². The van der Waals surface area contributed by atoms with Gasteiger partial charge in [-0.15, -0.1) is 0 Å². The molecule has 0 bridgehead atoms. The van der Waals surface area contributed by atoms with Gasteiger partial charge in [-0.1, -0.05) is 18.2 Å². The van der Waals surface area contributed by atoms with Crippen molar-refractivity contribution in [1.82, 2.24) is 24.0 Å². The molecule has 1 unspecified atom stereocenters. The van der Waals surface area contributed by atoms with Gasteiger partial charge in [-0.05, 0) is 67.3 Å². The van der Waals surface area contributed by atoms with Gasteiger partial charge < -0.3 is 9.47 Å². The zero-order valence-electron chi connectivity index (χ0n) is 23.4. The number of fused-ring (bicyclic) bond motifs is 1. The maximum absolute atomic E-state index is 16.1. The molecule has 1 aliphatic heterocycles. The number of aromatic amines is 1. The van der Waals surface area contributed by atoms with Gasteiger partial charge in [0.25, 0.3) is 10.0 Å². The van der Waals surface area contributed by atoms with Crippen molar-refractivity contribution in [3.8, 4) is 22.8 Å². The van der Waals surface area contributed by atoms with E-state index in [-0.39, 0.29) is 40.1 Å². The summed E-state index contributed by atoms with van der Waals surface area (Å²) >= 11 is 0. The molecule has 1 aliphatic rings. The number of benzene rings is 3. The monoisotopic (exact) mass is 615 g/mol. The van der Waals surface area contributed by atoms with Crippen molar-refractivity contribution >= 4 is 20.9 Å². The van der Waals surface area contributed by atoms with Gasteiger partial charge in [-0.2, -0.15) is 10.2 Å². The number of H-pyrrole nitrogens is 1. The smallest absolute Gasteiger partial charge is 0.268 e. The van der Waals surface area contributed by atoms with E-state index in [1.807, 2.05) is 6.20 Å². The average molecular weight is 616 g/mol. The Morgan fingerprint density at radius 1 is 1.02 bits per heavy atom. The van der Waals surface area contributed by atoms with E-state index < -0.39 is 21.7 Å². The van der Waals surface area contributed by atoms with Crippen LogP contribution < -0.4 is 4.74 Å². The Labute approximate surface area is 251 Å². The molecule has 7 rings (SSSR count). The predicted octanol–water partition coefficient (Wildman–Crippen LogP) is 6.83. The number of ether oxygens (including phenoxy) is 2. The molecular formula is C32H27F2N5O4S. The first-order valence-electron chi connectivity index (χ1n) is 14.1. The lowest BCUT2D eigenvalue weighted by Crippen LogP contribution is -2.18. The van der Waals surface area contributed by atoms with Crippen molar-refractivity contribution in [3.05, 3.63) is 114 Å². The van der Waals surface area contributed by atoms with Crippen molar-refractivity contribution in [2.75, 3.05) is 6.61 Å². The number of nitrogens with zero attached hydrogens (tertiary/aromatic N) is 4. The highest BCUT2D eigenvalue weighted by Gasteiger charge is 2.25. The topological polar surface area (TPSA) is 104 Å². The Morgan fingerprint density at radius 3 is 2.66 bits per heavy atom. The highest BCUT2D eigenvalue weighted by molar-refractivity contribution is 7.90. The molecule has 0 saturated carbocycles. The third-order valence-corrected chi connectivity index (χ3v) is 9.41. The first kappa shape index (κ1) is 28.0. The van der Waals surface area contributed by atoms with E-state index in [2.05, 4.69) is 15.3 Å². The molecule has 224 valence electrons. The van der Waals surface area contributed by atoms with Crippen LogP contribution in [0.4, 0.5) is 8.78 Å². The van der Waals surface area contributed by atoms with E-state index in [0.717, 1.165) is 34.9 Å².